The van der Waals surface area contributed by atoms with Crippen LogP contribution in [0.4, 0.5) is 0 Å². The van der Waals surface area contributed by atoms with E-state index in [-0.39, 0.29) is 0 Å². The van der Waals surface area contributed by atoms with E-state index in [1.54, 1.807) is 0 Å². The van der Waals surface area contributed by atoms with Crippen molar-refractivity contribution in [1.82, 2.24) is 5.32 Å². The Balaban J connectivity index is 1.99. The van der Waals surface area contributed by atoms with Gasteiger partial charge in [-0.15, -0.1) is 0 Å². The molecule has 16 heavy (non-hydrogen) atoms. The molecule has 0 amide bonds. The third-order valence-electron chi connectivity index (χ3n) is 3.38. The topological polar surface area (TPSA) is 21.3 Å². The second-order valence-corrected chi connectivity index (χ2v) is 4.77. The Morgan fingerprint density at radius 2 is 2.25 bits per heavy atom. The smallest absolute Gasteiger partial charge is 0.0700 e. The summed E-state index contributed by atoms with van der Waals surface area (Å²) in [5.41, 5.74) is 2.68. The third-order valence-corrected chi connectivity index (χ3v) is 3.38. The Morgan fingerprint density at radius 1 is 1.44 bits per heavy atom. The first kappa shape index (κ1) is 11.6. The van der Waals surface area contributed by atoms with Crippen molar-refractivity contribution in [3.05, 3.63) is 35.4 Å². The zero-order valence-corrected chi connectivity index (χ0v) is 10.4. The van der Waals surface area contributed by atoms with Crippen LogP contribution < -0.4 is 5.32 Å². The van der Waals surface area contributed by atoms with Crippen molar-refractivity contribution in [2.75, 3.05) is 6.61 Å². The molecule has 2 heteroatoms. The van der Waals surface area contributed by atoms with Gasteiger partial charge in [0, 0.05) is 18.7 Å². The fraction of sp³-hybridized carbons (Fsp3) is 0.571. The molecule has 88 valence electrons. The molecule has 2 unspecified atom stereocenters. The quantitative estimate of drug-likeness (QED) is 0.844. The molecule has 1 fully saturated rings. The Labute approximate surface area is 98.0 Å². The summed E-state index contributed by atoms with van der Waals surface area (Å²) in [6.07, 6.45) is 1.46. The number of aryl methyl sites for hydroxylation is 1. The van der Waals surface area contributed by atoms with Crippen LogP contribution in [0.1, 0.15) is 37.4 Å². The molecule has 1 N–H and O–H groups in total. The number of rotatable bonds is 3. The average molecular weight is 219 g/mol. The molecule has 1 aromatic rings. The van der Waals surface area contributed by atoms with Gasteiger partial charge in [0.15, 0.2) is 0 Å². The molecule has 2 nitrogen and oxygen atoms in total. The van der Waals surface area contributed by atoms with Crippen LogP contribution in [-0.2, 0) is 4.74 Å². The van der Waals surface area contributed by atoms with Gasteiger partial charge in [-0.1, -0.05) is 29.8 Å². The van der Waals surface area contributed by atoms with Crippen molar-refractivity contribution in [2.24, 2.45) is 0 Å². The van der Waals surface area contributed by atoms with E-state index in [1.807, 2.05) is 0 Å². The van der Waals surface area contributed by atoms with Crippen molar-refractivity contribution < 1.29 is 4.74 Å². The van der Waals surface area contributed by atoms with E-state index in [1.165, 1.54) is 11.1 Å². The Morgan fingerprint density at radius 3 is 2.88 bits per heavy atom. The predicted octanol–water partition coefficient (Wildman–Crippen LogP) is 2.82. The largest absolute Gasteiger partial charge is 0.377 e. The summed E-state index contributed by atoms with van der Waals surface area (Å²) in [6.45, 7) is 7.39. The minimum atomic E-state index is 0.340. The summed E-state index contributed by atoms with van der Waals surface area (Å²) in [4.78, 5) is 0. The van der Waals surface area contributed by atoms with Gasteiger partial charge in [0.2, 0.25) is 0 Å². The molecule has 0 aliphatic carbocycles. The van der Waals surface area contributed by atoms with Gasteiger partial charge in [-0.05, 0) is 32.8 Å². The van der Waals surface area contributed by atoms with Crippen molar-refractivity contribution in [3.8, 4) is 0 Å². The maximum atomic E-state index is 5.56. The summed E-state index contributed by atoms with van der Waals surface area (Å²) < 4.78 is 5.56. The van der Waals surface area contributed by atoms with Gasteiger partial charge in [-0.2, -0.15) is 0 Å². The lowest BCUT2D eigenvalue weighted by Gasteiger charge is -2.22. The number of ether oxygens (including phenoxy) is 1. The van der Waals surface area contributed by atoms with Crippen molar-refractivity contribution in [3.63, 3.8) is 0 Å². The Bertz CT molecular complexity index is 350. The van der Waals surface area contributed by atoms with Crippen LogP contribution in [0.15, 0.2) is 24.3 Å². The van der Waals surface area contributed by atoms with E-state index in [0.29, 0.717) is 18.2 Å². The molecule has 0 bridgehead atoms. The highest BCUT2D eigenvalue weighted by atomic mass is 16.5. The molecule has 1 aromatic carbocycles. The lowest BCUT2D eigenvalue weighted by Crippen LogP contribution is -2.36. The number of hydrogen-bond donors (Lipinski definition) is 1. The summed E-state index contributed by atoms with van der Waals surface area (Å²) >= 11 is 0. The standard InChI is InChI=1S/C14H21NO/c1-10-5-4-6-13(9-10)11(2)15-14-7-8-16-12(14)3/h4-6,9,11-12,14-15H,7-8H2,1-3H3/t11-,12?,14?/m1/s1. The summed E-state index contributed by atoms with van der Waals surface area (Å²) in [5.74, 6) is 0. The minimum absolute atomic E-state index is 0.340. The zero-order valence-electron chi connectivity index (χ0n) is 10.4. The van der Waals surface area contributed by atoms with Crippen LogP contribution in [0.2, 0.25) is 0 Å². The maximum Gasteiger partial charge on any atom is 0.0700 e. The third kappa shape index (κ3) is 2.63. The van der Waals surface area contributed by atoms with E-state index >= 15 is 0 Å². The van der Waals surface area contributed by atoms with Gasteiger partial charge in [-0.25, -0.2) is 0 Å². The van der Waals surface area contributed by atoms with E-state index in [2.05, 4.69) is 50.4 Å². The van der Waals surface area contributed by atoms with Crippen LogP contribution in [0.3, 0.4) is 0 Å². The van der Waals surface area contributed by atoms with E-state index < -0.39 is 0 Å². The summed E-state index contributed by atoms with van der Waals surface area (Å²) in [6, 6.07) is 9.59. The first-order valence-electron chi connectivity index (χ1n) is 6.11. The van der Waals surface area contributed by atoms with Crippen molar-refractivity contribution >= 4 is 0 Å². The molecule has 2 rings (SSSR count). The molecule has 3 atom stereocenters. The van der Waals surface area contributed by atoms with E-state index in [0.717, 1.165) is 13.0 Å². The zero-order chi connectivity index (χ0) is 11.5. The average Bonchev–Trinajstić information content (AvgIpc) is 2.64. The van der Waals surface area contributed by atoms with E-state index in [9.17, 15) is 0 Å². The van der Waals surface area contributed by atoms with E-state index in [4.69, 9.17) is 4.74 Å². The lowest BCUT2D eigenvalue weighted by molar-refractivity contribution is 0.111. The van der Waals surface area contributed by atoms with Crippen LogP contribution in [0.5, 0.6) is 0 Å². The van der Waals surface area contributed by atoms with Crippen LogP contribution in [-0.4, -0.2) is 18.8 Å². The molecule has 0 radical (unpaired) electrons. The highest BCUT2D eigenvalue weighted by molar-refractivity contribution is 5.24. The molecule has 1 heterocycles. The molecule has 0 aromatic heterocycles. The Kier molecular flexibility index (Phi) is 3.62. The van der Waals surface area contributed by atoms with Gasteiger partial charge in [0.1, 0.15) is 0 Å². The van der Waals surface area contributed by atoms with Crippen molar-refractivity contribution in [1.29, 1.82) is 0 Å². The monoisotopic (exact) mass is 219 g/mol. The maximum absolute atomic E-state index is 5.56. The van der Waals surface area contributed by atoms with Gasteiger partial charge < -0.3 is 10.1 Å². The second-order valence-electron chi connectivity index (χ2n) is 4.77. The van der Waals surface area contributed by atoms with Crippen LogP contribution in [0.25, 0.3) is 0 Å². The highest BCUT2D eigenvalue weighted by Crippen LogP contribution is 2.19. The summed E-state index contributed by atoms with van der Waals surface area (Å²) in [7, 11) is 0. The van der Waals surface area contributed by atoms with Crippen molar-refractivity contribution in [2.45, 2.75) is 45.4 Å². The van der Waals surface area contributed by atoms with Gasteiger partial charge in [-0.3, -0.25) is 0 Å². The fourth-order valence-electron chi connectivity index (χ4n) is 2.31. The molecule has 0 spiro atoms. The summed E-state index contributed by atoms with van der Waals surface area (Å²) in [5, 5.41) is 3.65. The SMILES string of the molecule is Cc1cccc([C@@H](C)NC2CCOC2C)c1. The molecule has 0 saturated carbocycles. The molecule has 1 aliphatic rings. The Hall–Kier alpha value is -0.860. The molecule has 1 saturated heterocycles. The van der Waals surface area contributed by atoms with Crippen LogP contribution in [0, 0.1) is 6.92 Å². The number of nitrogens with one attached hydrogen (secondary N) is 1. The molecular formula is C14H21NO. The minimum Gasteiger partial charge on any atom is -0.377 e. The fourth-order valence-corrected chi connectivity index (χ4v) is 2.31. The predicted molar refractivity (Wildman–Crippen MR) is 66.5 cm³/mol. The normalized spacial score (nSPS) is 26.9. The lowest BCUT2D eigenvalue weighted by atomic mass is 10.0. The van der Waals surface area contributed by atoms with Gasteiger partial charge in [0.25, 0.3) is 0 Å². The van der Waals surface area contributed by atoms with Gasteiger partial charge in [0.05, 0.1) is 6.10 Å². The van der Waals surface area contributed by atoms with Gasteiger partial charge >= 0.3 is 0 Å². The molecule has 1 aliphatic heterocycles. The molecular weight excluding hydrogens is 198 g/mol. The van der Waals surface area contributed by atoms with Crippen LogP contribution >= 0.6 is 0 Å². The number of hydrogen-bond acceptors (Lipinski definition) is 2. The highest BCUT2D eigenvalue weighted by Gasteiger charge is 2.25. The first-order valence-corrected chi connectivity index (χ1v) is 6.11. The number of benzene rings is 1. The first-order chi connectivity index (χ1) is 7.66. The second kappa shape index (κ2) is 4.98.